The van der Waals surface area contributed by atoms with Crippen molar-refractivity contribution >= 4 is 31.6 Å². The van der Waals surface area contributed by atoms with E-state index in [2.05, 4.69) is 53.9 Å². The molecule has 2 unspecified atom stereocenters. The monoisotopic (exact) mass is 531 g/mol. The van der Waals surface area contributed by atoms with Crippen LogP contribution in [0.3, 0.4) is 0 Å². The molecule has 0 saturated carbocycles. The number of nitrogens with one attached hydrogen (secondary N) is 1. The number of hydrogen-bond acceptors (Lipinski definition) is 5. The number of sulfonamides is 1. The predicted molar refractivity (Wildman–Crippen MR) is 136 cm³/mol. The molecule has 1 aliphatic rings. The average molecular weight is 533 g/mol. The van der Waals surface area contributed by atoms with Gasteiger partial charge in [0.15, 0.2) is 0 Å². The molecular formula is C24H30BrN5O2S. The summed E-state index contributed by atoms with van der Waals surface area (Å²) >= 11 is 3.58. The lowest BCUT2D eigenvalue weighted by molar-refractivity contribution is 0.305. The molecule has 0 aliphatic carbocycles. The van der Waals surface area contributed by atoms with Crippen molar-refractivity contribution in [3.63, 3.8) is 0 Å². The molecule has 0 amide bonds. The summed E-state index contributed by atoms with van der Waals surface area (Å²) in [5.41, 5.74) is 4.15. The Morgan fingerprint density at radius 1 is 1.21 bits per heavy atom. The maximum Gasteiger partial charge on any atom is 0.211 e. The molecule has 4 rings (SSSR count). The van der Waals surface area contributed by atoms with E-state index in [-0.39, 0.29) is 12.1 Å². The molecule has 0 radical (unpaired) electrons. The van der Waals surface area contributed by atoms with E-state index in [9.17, 15) is 8.42 Å². The van der Waals surface area contributed by atoms with Crippen LogP contribution in [0, 0.1) is 0 Å². The van der Waals surface area contributed by atoms with Gasteiger partial charge in [0.25, 0.3) is 0 Å². The number of rotatable bonds is 7. The minimum Gasteiger partial charge on any atom is -0.360 e. The van der Waals surface area contributed by atoms with Gasteiger partial charge in [-0.25, -0.2) is 13.4 Å². The zero-order chi connectivity index (χ0) is 23.6. The van der Waals surface area contributed by atoms with Crippen molar-refractivity contribution in [3.05, 3.63) is 82.3 Å². The van der Waals surface area contributed by atoms with Crippen molar-refractivity contribution in [1.82, 2.24) is 19.2 Å². The van der Waals surface area contributed by atoms with Crippen LogP contribution < -0.4 is 4.90 Å². The number of aromatic amines is 1. The number of benzene rings is 2. The summed E-state index contributed by atoms with van der Waals surface area (Å²) < 4.78 is 28.6. The van der Waals surface area contributed by atoms with E-state index in [1.165, 1.54) is 6.26 Å². The Bertz CT molecular complexity index is 1170. The number of anilines is 1. The van der Waals surface area contributed by atoms with Crippen LogP contribution in [0.15, 0.2) is 65.5 Å². The van der Waals surface area contributed by atoms with E-state index >= 15 is 0 Å². The SMILES string of the molecule is CN(C)CC(c1cnc[nH]1)N1CC(Cc2ccccc2)N(S(C)(=O)=O)Cc2cc(Br)ccc21. The van der Waals surface area contributed by atoms with E-state index in [0.29, 0.717) is 19.5 Å². The Morgan fingerprint density at radius 2 is 1.97 bits per heavy atom. The standard InChI is InChI=1S/C24H30BrN5O2S/c1-28(2)16-24(22-13-26-17-27-22)29-15-21(11-18-7-5-4-6-8-18)30(33(3,31)32)14-19-12-20(25)9-10-23(19)29/h4-10,12-13,17,21,24H,11,14-16H2,1-3H3,(H,26,27). The maximum absolute atomic E-state index is 13.0. The van der Waals surface area contributed by atoms with Crippen molar-refractivity contribution in [2.45, 2.75) is 25.0 Å². The van der Waals surface area contributed by atoms with Gasteiger partial charge in [0.2, 0.25) is 10.0 Å². The third-order valence-corrected chi connectivity index (χ3v) is 7.80. The summed E-state index contributed by atoms with van der Waals surface area (Å²) in [6.45, 7) is 1.65. The Labute approximate surface area is 204 Å². The van der Waals surface area contributed by atoms with Gasteiger partial charge in [-0.05, 0) is 49.8 Å². The van der Waals surface area contributed by atoms with Crippen LogP contribution in [0.2, 0.25) is 0 Å². The van der Waals surface area contributed by atoms with Gasteiger partial charge in [0.05, 0.1) is 30.5 Å². The summed E-state index contributed by atoms with van der Waals surface area (Å²) in [6.07, 6.45) is 5.50. The molecule has 0 fully saturated rings. The molecule has 2 aromatic carbocycles. The summed E-state index contributed by atoms with van der Waals surface area (Å²) in [5.74, 6) is 0. The number of halogens is 1. The second-order valence-corrected chi connectivity index (χ2v) is 11.7. The third kappa shape index (κ3) is 5.66. The van der Waals surface area contributed by atoms with Gasteiger partial charge < -0.3 is 14.8 Å². The van der Waals surface area contributed by atoms with Crippen molar-refractivity contribution in [2.24, 2.45) is 0 Å². The van der Waals surface area contributed by atoms with E-state index in [4.69, 9.17) is 0 Å². The van der Waals surface area contributed by atoms with E-state index < -0.39 is 10.0 Å². The van der Waals surface area contributed by atoms with Crippen molar-refractivity contribution in [2.75, 3.05) is 38.3 Å². The fraction of sp³-hybridized carbons (Fsp3) is 0.375. The Hall–Kier alpha value is -2.20. The summed E-state index contributed by atoms with van der Waals surface area (Å²) in [7, 11) is 0.660. The lowest BCUT2D eigenvalue weighted by Gasteiger charge is -2.37. The molecule has 1 aliphatic heterocycles. The fourth-order valence-corrected chi connectivity index (χ4v) is 6.03. The topological polar surface area (TPSA) is 72.5 Å². The molecule has 9 heteroatoms. The van der Waals surface area contributed by atoms with E-state index in [1.807, 2.05) is 50.6 Å². The third-order valence-electron chi connectivity index (χ3n) is 6.02. The van der Waals surface area contributed by atoms with Crippen molar-refractivity contribution < 1.29 is 8.42 Å². The van der Waals surface area contributed by atoms with Crippen molar-refractivity contribution in [3.8, 4) is 0 Å². The summed E-state index contributed by atoms with van der Waals surface area (Å²) in [5, 5.41) is 0. The maximum atomic E-state index is 13.0. The molecule has 2 heterocycles. The fourth-order valence-electron chi connectivity index (χ4n) is 4.57. The predicted octanol–water partition coefficient (Wildman–Crippen LogP) is 3.67. The minimum absolute atomic E-state index is 0.0137. The molecule has 7 nitrogen and oxygen atoms in total. The molecule has 0 saturated heterocycles. The van der Waals surface area contributed by atoms with Crippen LogP contribution in [-0.2, 0) is 23.0 Å². The Balaban J connectivity index is 1.83. The first kappa shape index (κ1) is 23.9. The smallest absolute Gasteiger partial charge is 0.211 e. The lowest BCUT2D eigenvalue weighted by atomic mass is 10.0. The quantitative estimate of drug-likeness (QED) is 0.503. The van der Waals surface area contributed by atoms with Gasteiger partial charge >= 0.3 is 0 Å². The van der Waals surface area contributed by atoms with Gasteiger partial charge in [0, 0.05) is 35.8 Å². The molecule has 2 atom stereocenters. The van der Waals surface area contributed by atoms with Crippen LogP contribution in [0.4, 0.5) is 5.69 Å². The van der Waals surface area contributed by atoms with Gasteiger partial charge in [-0.15, -0.1) is 0 Å². The van der Waals surface area contributed by atoms with Crippen LogP contribution in [0.5, 0.6) is 0 Å². The number of imidazole rings is 1. The molecule has 0 bridgehead atoms. The number of fused-ring (bicyclic) bond motifs is 1. The minimum atomic E-state index is -3.44. The highest BCUT2D eigenvalue weighted by atomic mass is 79.9. The van der Waals surface area contributed by atoms with Gasteiger partial charge in [-0.3, -0.25) is 0 Å². The van der Waals surface area contributed by atoms with Crippen LogP contribution in [0.25, 0.3) is 0 Å². The molecule has 0 spiro atoms. The number of nitrogens with zero attached hydrogens (tertiary/aromatic N) is 4. The first-order chi connectivity index (χ1) is 15.7. The first-order valence-corrected chi connectivity index (χ1v) is 13.6. The molecular weight excluding hydrogens is 502 g/mol. The van der Waals surface area contributed by atoms with Gasteiger partial charge in [-0.1, -0.05) is 46.3 Å². The number of hydrogen-bond donors (Lipinski definition) is 1. The zero-order valence-electron chi connectivity index (χ0n) is 19.1. The highest BCUT2D eigenvalue weighted by Gasteiger charge is 2.36. The second-order valence-electron chi connectivity index (χ2n) is 8.86. The van der Waals surface area contributed by atoms with E-state index in [1.54, 1.807) is 10.6 Å². The normalized spacial score (nSPS) is 18.2. The van der Waals surface area contributed by atoms with Gasteiger partial charge in [-0.2, -0.15) is 4.31 Å². The lowest BCUT2D eigenvalue weighted by Crippen LogP contribution is -2.47. The Morgan fingerprint density at radius 3 is 2.61 bits per heavy atom. The zero-order valence-corrected chi connectivity index (χ0v) is 21.6. The molecule has 33 heavy (non-hydrogen) atoms. The first-order valence-electron chi connectivity index (χ1n) is 10.9. The molecule has 3 aromatic rings. The number of likely N-dealkylation sites (N-methyl/N-ethyl adjacent to an activating group) is 1. The summed E-state index contributed by atoms with van der Waals surface area (Å²) in [6, 6.07) is 16.0. The van der Waals surface area contributed by atoms with Crippen LogP contribution >= 0.6 is 15.9 Å². The molecule has 176 valence electrons. The largest absolute Gasteiger partial charge is 0.360 e. The summed E-state index contributed by atoms with van der Waals surface area (Å²) in [4.78, 5) is 12.0. The van der Waals surface area contributed by atoms with Crippen LogP contribution in [-0.4, -0.2) is 67.1 Å². The van der Waals surface area contributed by atoms with Crippen LogP contribution in [0.1, 0.15) is 22.9 Å². The highest BCUT2D eigenvalue weighted by molar-refractivity contribution is 9.10. The molecule has 1 N–H and O–H groups in total. The van der Waals surface area contributed by atoms with Crippen molar-refractivity contribution in [1.29, 1.82) is 0 Å². The van der Waals surface area contributed by atoms with E-state index in [0.717, 1.165) is 33.5 Å². The average Bonchev–Trinajstić information content (AvgIpc) is 3.23. The number of H-pyrrole nitrogens is 1. The highest BCUT2D eigenvalue weighted by Crippen LogP contribution is 2.36. The molecule has 1 aromatic heterocycles. The number of aromatic nitrogens is 2. The Kier molecular flexibility index (Phi) is 7.23. The second kappa shape index (κ2) is 9.97. The van der Waals surface area contributed by atoms with Gasteiger partial charge in [0.1, 0.15) is 0 Å².